The number of nitrogens with zero attached hydrogens (tertiary/aromatic N) is 5. The van der Waals surface area contributed by atoms with Crippen molar-refractivity contribution < 1.29 is 50.1 Å². The standard InChI is InChI=1S/C39H47ClF3N5O8S/c1-25-8-12-33(54-6)30(20-25)38(47-24-28(22-32(47)36(49)44(2)3)55-19-7-14-46-17-15-45(4)16-18-46)29-21-26(40)9-11-31(29)48(37(38)50)57(51,52)35-13-10-27(53-5)23-34(35)56-39(41,42)43/h8-13,20-21,23,28,32H,7,14-19,22,24H2,1-6H3/t28-,32+,38?/m1/s1. The van der Waals surface area contributed by atoms with Crippen molar-refractivity contribution >= 4 is 39.1 Å². The number of hydrogen-bond acceptors (Lipinski definition) is 11. The zero-order valence-electron chi connectivity index (χ0n) is 32.6. The SMILES string of the molecule is COc1ccc(S(=O)(=O)N2C(=O)C(c3cc(C)ccc3OC)(N3C[C@H](OCCCN4CCN(C)CC4)C[C@H]3C(=O)N(C)C)c3cc(Cl)ccc32)c(OC(F)(F)F)c1. The number of methoxy groups -OCH3 is 2. The van der Waals surface area contributed by atoms with Gasteiger partial charge in [0.2, 0.25) is 5.91 Å². The monoisotopic (exact) mass is 837 g/mol. The number of anilines is 1. The predicted octanol–water partition coefficient (Wildman–Crippen LogP) is 4.73. The predicted molar refractivity (Wildman–Crippen MR) is 206 cm³/mol. The van der Waals surface area contributed by atoms with Crippen molar-refractivity contribution in [2.24, 2.45) is 0 Å². The minimum atomic E-state index is -5.30. The van der Waals surface area contributed by atoms with Crippen LogP contribution < -0.4 is 18.5 Å². The second-order valence-corrected chi connectivity index (χ2v) is 16.8. The zero-order chi connectivity index (χ0) is 41.4. The van der Waals surface area contributed by atoms with Gasteiger partial charge in [0.1, 0.15) is 16.4 Å². The van der Waals surface area contributed by atoms with Crippen molar-refractivity contribution in [2.45, 2.75) is 48.7 Å². The molecule has 18 heteroatoms. The topological polar surface area (TPSA) is 121 Å². The van der Waals surface area contributed by atoms with E-state index in [0.717, 1.165) is 57.3 Å². The average molecular weight is 838 g/mol. The van der Waals surface area contributed by atoms with E-state index in [1.807, 2.05) is 0 Å². The zero-order valence-corrected chi connectivity index (χ0v) is 34.2. The third kappa shape index (κ3) is 8.27. The number of carbonyl (C=O) groups excluding carboxylic acids is 2. The Kier molecular flexibility index (Phi) is 12.4. The Bertz CT molecular complexity index is 2100. The molecule has 0 radical (unpaired) electrons. The Morgan fingerprint density at radius 2 is 1.68 bits per heavy atom. The molecule has 57 heavy (non-hydrogen) atoms. The van der Waals surface area contributed by atoms with Crippen LogP contribution in [0.4, 0.5) is 18.9 Å². The van der Waals surface area contributed by atoms with Gasteiger partial charge in [0.15, 0.2) is 11.3 Å². The van der Waals surface area contributed by atoms with Crippen LogP contribution in [0.15, 0.2) is 59.5 Å². The van der Waals surface area contributed by atoms with Crippen LogP contribution in [0, 0.1) is 6.92 Å². The molecule has 3 aliphatic heterocycles. The number of amides is 2. The Balaban J connectivity index is 1.51. The first-order valence-corrected chi connectivity index (χ1v) is 20.2. The molecule has 0 aromatic heterocycles. The highest BCUT2D eigenvalue weighted by atomic mass is 35.5. The number of alkyl halides is 3. The molecular formula is C39H47ClF3N5O8S. The fraction of sp³-hybridized carbons (Fsp3) is 0.487. The van der Waals surface area contributed by atoms with Gasteiger partial charge in [-0.15, -0.1) is 13.2 Å². The molecular weight excluding hydrogens is 791 g/mol. The molecule has 1 unspecified atom stereocenters. The molecule has 3 atom stereocenters. The van der Waals surface area contributed by atoms with E-state index in [2.05, 4.69) is 21.6 Å². The number of likely N-dealkylation sites (N-methyl/N-ethyl adjacent to an activating group) is 2. The van der Waals surface area contributed by atoms with Gasteiger partial charge < -0.3 is 33.6 Å². The smallest absolute Gasteiger partial charge is 0.497 e. The number of halogens is 4. The van der Waals surface area contributed by atoms with Gasteiger partial charge in [-0.1, -0.05) is 23.2 Å². The van der Waals surface area contributed by atoms with E-state index in [-0.39, 0.29) is 52.2 Å². The number of carbonyl (C=O) groups is 2. The summed E-state index contributed by atoms with van der Waals surface area (Å²) in [4.78, 5) is 36.7. The summed E-state index contributed by atoms with van der Waals surface area (Å²) < 4.78 is 93.1. The van der Waals surface area contributed by atoms with E-state index in [9.17, 15) is 26.4 Å². The molecule has 3 aromatic rings. The molecule has 6 rings (SSSR count). The average Bonchev–Trinajstić information content (AvgIpc) is 3.69. The third-order valence-corrected chi connectivity index (χ3v) is 12.7. The number of hydrogen-bond donors (Lipinski definition) is 0. The molecule has 0 N–H and O–H groups in total. The van der Waals surface area contributed by atoms with E-state index in [1.165, 1.54) is 37.3 Å². The van der Waals surface area contributed by atoms with E-state index in [4.69, 9.17) is 25.8 Å². The maximum absolute atomic E-state index is 15.7. The van der Waals surface area contributed by atoms with Gasteiger partial charge in [0.05, 0.1) is 32.1 Å². The summed E-state index contributed by atoms with van der Waals surface area (Å²) in [5.74, 6) is -2.51. The van der Waals surface area contributed by atoms with Crippen LogP contribution in [0.3, 0.4) is 0 Å². The Morgan fingerprint density at radius 3 is 2.33 bits per heavy atom. The van der Waals surface area contributed by atoms with Gasteiger partial charge >= 0.3 is 6.36 Å². The molecule has 2 saturated heterocycles. The van der Waals surface area contributed by atoms with Crippen LogP contribution in [-0.4, -0.2) is 140 Å². The number of likely N-dealkylation sites (tertiary alicyclic amines) is 1. The van der Waals surface area contributed by atoms with Crippen molar-refractivity contribution in [1.29, 1.82) is 0 Å². The van der Waals surface area contributed by atoms with E-state index < -0.39 is 50.6 Å². The molecule has 13 nitrogen and oxygen atoms in total. The molecule has 3 heterocycles. The van der Waals surface area contributed by atoms with Crippen molar-refractivity contribution in [3.8, 4) is 17.2 Å². The van der Waals surface area contributed by atoms with E-state index in [0.29, 0.717) is 16.5 Å². The lowest BCUT2D eigenvalue weighted by atomic mass is 9.80. The Hall–Kier alpha value is -4.13. The summed E-state index contributed by atoms with van der Waals surface area (Å²) in [6, 6.07) is 11.0. The minimum absolute atomic E-state index is 0.00754. The van der Waals surface area contributed by atoms with Crippen LogP contribution in [-0.2, 0) is 29.9 Å². The van der Waals surface area contributed by atoms with Crippen LogP contribution in [0.25, 0.3) is 0 Å². The largest absolute Gasteiger partial charge is 0.573 e. The van der Waals surface area contributed by atoms with E-state index in [1.54, 1.807) is 44.1 Å². The summed E-state index contributed by atoms with van der Waals surface area (Å²) in [6.07, 6.45) is -5.01. The number of sulfonamides is 1. The van der Waals surface area contributed by atoms with Crippen LogP contribution >= 0.6 is 11.6 Å². The third-order valence-electron chi connectivity index (χ3n) is 10.7. The highest BCUT2D eigenvalue weighted by Gasteiger charge is 2.64. The second kappa shape index (κ2) is 16.6. The van der Waals surface area contributed by atoms with Gasteiger partial charge in [-0.25, -0.2) is 12.7 Å². The van der Waals surface area contributed by atoms with Gasteiger partial charge in [0.25, 0.3) is 15.9 Å². The quantitative estimate of drug-likeness (QED) is 0.223. The van der Waals surface area contributed by atoms with Crippen molar-refractivity contribution in [1.82, 2.24) is 19.6 Å². The Morgan fingerprint density at radius 1 is 0.965 bits per heavy atom. The highest BCUT2D eigenvalue weighted by Crippen LogP contribution is 2.55. The number of piperazine rings is 1. The molecule has 2 amide bonds. The number of rotatable bonds is 13. The lowest BCUT2D eigenvalue weighted by Gasteiger charge is -2.42. The first-order valence-electron chi connectivity index (χ1n) is 18.4. The lowest BCUT2D eigenvalue weighted by Crippen LogP contribution is -2.59. The van der Waals surface area contributed by atoms with Gasteiger partial charge in [-0.2, -0.15) is 0 Å². The summed E-state index contributed by atoms with van der Waals surface area (Å²) in [5, 5.41) is 0.133. The molecule has 3 aromatic carbocycles. The molecule has 2 fully saturated rings. The second-order valence-electron chi connectivity index (χ2n) is 14.6. The summed E-state index contributed by atoms with van der Waals surface area (Å²) in [7, 11) is 2.61. The first-order chi connectivity index (χ1) is 26.9. The number of fused-ring (bicyclic) bond motifs is 1. The van der Waals surface area contributed by atoms with Crippen molar-refractivity contribution in [3.63, 3.8) is 0 Å². The minimum Gasteiger partial charge on any atom is -0.497 e. The highest BCUT2D eigenvalue weighted by molar-refractivity contribution is 7.93. The molecule has 3 aliphatic rings. The van der Waals surface area contributed by atoms with Crippen LogP contribution in [0.1, 0.15) is 29.5 Å². The van der Waals surface area contributed by atoms with Crippen LogP contribution in [0.2, 0.25) is 5.02 Å². The van der Waals surface area contributed by atoms with Crippen LogP contribution in [0.5, 0.6) is 17.2 Å². The number of aryl methyl sites for hydroxylation is 1. The summed E-state index contributed by atoms with van der Waals surface area (Å²) >= 11 is 6.65. The molecule has 0 bridgehead atoms. The maximum atomic E-state index is 15.7. The van der Waals surface area contributed by atoms with Gasteiger partial charge in [-0.05, 0) is 69.3 Å². The maximum Gasteiger partial charge on any atom is 0.573 e. The molecule has 0 spiro atoms. The van der Waals surface area contributed by atoms with Crippen molar-refractivity contribution in [3.05, 3.63) is 76.3 Å². The molecule has 0 aliphatic carbocycles. The first kappa shape index (κ1) is 42.5. The summed E-state index contributed by atoms with van der Waals surface area (Å²) in [6.45, 7) is 6.78. The number of benzene rings is 3. The molecule has 0 saturated carbocycles. The fourth-order valence-electron chi connectivity index (χ4n) is 7.94. The Labute approximate surface area is 335 Å². The van der Waals surface area contributed by atoms with E-state index >= 15 is 4.79 Å². The number of ether oxygens (including phenoxy) is 4. The normalized spacial score (nSPS) is 22.1. The molecule has 310 valence electrons. The van der Waals surface area contributed by atoms with Crippen molar-refractivity contribution in [2.75, 3.05) is 85.5 Å². The fourth-order valence-corrected chi connectivity index (χ4v) is 9.68. The summed E-state index contributed by atoms with van der Waals surface area (Å²) in [5.41, 5.74) is -1.37. The lowest BCUT2D eigenvalue weighted by molar-refractivity contribution is -0.275. The van der Waals surface area contributed by atoms with Gasteiger partial charge in [-0.3, -0.25) is 14.5 Å². The van der Waals surface area contributed by atoms with Gasteiger partial charge in [0, 0.05) is 82.2 Å².